The van der Waals surface area contributed by atoms with Gasteiger partial charge in [0.25, 0.3) is 5.91 Å². The molecule has 6 heteroatoms. The molecule has 1 amide bonds. The van der Waals surface area contributed by atoms with Crippen LogP contribution in [-0.4, -0.2) is 20.4 Å². The first kappa shape index (κ1) is 17.3. The molecular formula is C21H18N4OS. The first-order valence-corrected chi connectivity index (χ1v) is 9.40. The Bertz CT molecular complexity index is 1090. The molecule has 0 radical (unpaired) electrons. The molecule has 0 fully saturated rings. The summed E-state index contributed by atoms with van der Waals surface area (Å²) in [6.45, 7) is 0.356. The van der Waals surface area contributed by atoms with Crippen molar-refractivity contribution in [2.75, 3.05) is 0 Å². The molecule has 2 heterocycles. The van der Waals surface area contributed by atoms with Crippen LogP contribution in [0.5, 0.6) is 0 Å². The number of amides is 1. The Morgan fingerprint density at radius 3 is 2.63 bits per heavy atom. The first-order valence-electron chi connectivity index (χ1n) is 8.59. The van der Waals surface area contributed by atoms with E-state index in [-0.39, 0.29) is 5.91 Å². The number of benzene rings is 2. The van der Waals surface area contributed by atoms with Crippen LogP contribution in [0.3, 0.4) is 0 Å². The molecule has 2 aromatic carbocycles. The molecule has 0 aliphatic carbocycles. The van der Waals surface area contributed by atoms with Gasteiger partial charge in [-0.2, -0.15) is 0 Å². The molecule has 0 spiro atoms. The fourth-order valence-electron chi connectivity index (χ4n) is 2.85. The number of pyridine rings is 1. The van der Waals surface area contributed by atoms with E-state index < -0.39 is 0 Å². The fourth-order valence-corrected chi connectivity index (χ4v) is 3.75. The van der Waals surface area contributed by atoms with Gasteiger partial charge in [0.05, 0.1) is 23.1 Å². The molecule has 0 atom stereocenters. The van der Waals surface area contributed by atoms with Crippen molar-refractivity contribution in [3.8, 4) is 0 Å². The second-order valence-corrected chi connectivity index (χ2v) is 7.09. The van der Waals surface area contributed by atoms with Crippen molar-refractivity contribution in [3.63, 3.8) is 0 Å². The third-order valence-corrected chi connectivity index (χ3v) is 5.29. The van der Waals surface area contributed by atoms with E-state index >= 15 is 0 Å². The van der Waals surface area contributed by atoms with Gasteiger partial charge in [-0.3, -0.25) is 4.79 Å². The molecule has 0 aliphatic rings. The largest absolute Gasteiger partial charge is 0.345 e. The van der Waals surface area contributed by atoms with E-state index in [9.17, 15) is 4.79 Å². The molecule has 0 saturated heterocycles. The molecule has 134 valence electrons. The van der Waals surface area contributed by atoms with E-state index in [4.69, 9.17) is 0 Å². The van der Waals surface area contributed by atoms with Gasteiger partial charge in [-0.05, 0) is 36.4 Å². The molecule has 1 N–H and O–H groups in total. The van der Waals surface area contributed by atoms with Gasteiger partial charge in [-0.25, -0.2) is 9.97 Å². The monoisotopic (exact) mass is 374 g/mol. The van der Waals surface area contributed by atoms with Gasteiger partial charge < -0.3 is 9.88 Å². The standard InChI is InChI=1S/C21H18N4OS/c1-25-18-12-6-5-11-17(18)24-19(25)14-23-20(26)16-10-7-13-22-21(16)27-15-8-3-2-4-9-15/h2-13H,14H2,1H3,(H,23,26). The fraction of sp³-hybridized carbons (Fsp3) is 0.0952. The van der Waals surface area contributed by atoms with Crippen molar-refractivity contribution in [2.45, 2.75) is 16.5 Å². The summed E-state index contributed by atoms with van der Waals surface area (Å²) in [5, 5.41) is 3.65. The Balaban J connectivity index is 1.52. The minimum absolute atomic E-state index is 0.159. The number of nitrogens with one attached hydrogen (secondary N) is 1. The number of hydrogen-bond acceptors (Lipinski definition) is 4. The number of aryl methyl sites for hydroxylation is 1. The highest BCUT2D eigenvalue weighted by Crippen LogP contribution is 2.28. The molecule has 27 heavy (non-hydrogen) atoms. The quantitative estimate of drug-likeness (QED) is 0.572. The van der Waals surface area contributed by atoms with E-state index in [1.54, 1.807) is 18.3 Å². The number of carbonyl (C=O) groups excluding carboxylic acids is 1. The number of rotatable bonds is 5. The zero-order valence-electron chi connectivity index (χ0n) is 14.8. The highest BCUT2D eigenvalue weighted by Gasteiger charge is 2.15. The number of para-hydroxylation sites is 2. The highest BCUT2D eigenvalue weighted by molar-refractivity contribution is 7.99. The van der Waals surface area contributed by atoms with Crippen LogP contribution in [0.2, 0.25) is 0 Å². The lowest BCUT2D eigenvalue weighted by molar-refractivity contribution is 0.0946. The molecule has 5 nitrogen and oxygen atoms in total. The minimum Gasteiger partial charge on any atom is -0.345 e. The van der Waals surface area contributed by atoms with E-state index in [1.807, 2.05) is 66.2 Å². The van der Waals surface area contributed by atoms with Crippen molar-refractivity contribution >= 4 is 28.7 Å². The van der Waals surface area contributed by atoms with E-state index in [1.165, 1.54) is 11.8 Å². The summed E-state index contributed by atoms with van der Waals surface area (Å²) < 4.78 is 2.00. The molecule has 2 aromatic heterocycles. The summed E-state index contributed by atoms with van der Waals surface area (Å²) in [4.78, 5) is 22.8. The van der Waals surface area contributed by atoms with Gasteiger partial charge in [-0.1, -0.05) is 42.1 Å². The second kappa shape index (κ2) is 7.63. The van der Waals surface area contributed by atoms with E-state index in [2.05, 4.69) is 15.3 Å². The van der Waals surface area contributed by atoms with Crippen LogP contribution < -0.4 is 5.32 Å². The summed E-state index contributed by atoms with van der Waals surface area (Å²) >= 11 is 1.48. The molecule has 0 saturated carbocycles. The number of nitrogens with zero attached hydrogens (tertiary/aromatic N) is 3. The van der Waals surface area contributed by atoms with Crippen LogP contribution in [0.4, 0.5) is 0 Å². The predicted molar refractivity (Wildman–Crippen MR) is 107 cm³/mol. The zero-order valence-corrected chi connectivity index (χ0v) is 15.6. The number of carbonyl (C=O) groups is 1. The van der Waals surface area contributed by atoms with Crippen molar-refractivity contribution in [2.24, 2.45) is 7.05 Å². The van der Waals surface area contributed by atoms with Crippen LogP contribution in [0, 0.1) is 0 Å². The lowest BCUT2D eigenvalue weighted by Gasteiger charge is -2.09. The van der Waals surface area contributed by atoms with Crippen molar-refractivity contribution in [1.82, 2.24) is 19.9 Å². The van der Waals surface area contributed by atoms with Crippen molar-refractivity contribution in [1.29, 1.82) is 0 Å². The maximum atomic E-state index is 12.8. The summed E-state index contributed by atoms with van der Waals surface area (Å²) in [5.41, 5.74) is 2.53. The lowest BCUT2D eigenvalue weighted by atomic mass is 10.2. The maximum absolute atomic E-state index is 12.8. The maximum Gasteiger partial charge on any atom is 0.254 e. The number of hydrogen-bond donors (Lipinski definition) is 1. The normalized spacial score (nSPS) is 10.9. The van der Waals surface area contributed by atoms with Crippen molar-refractivity contribution < 1.29 is 4.79 Å². The van der Waals surface area contributed by atoms with Gasteiger partial charge in [0.1, 0.15) is 10.9 Å². The Hall–Kier alpha value is -3.12. The zero-order chi connectivity index (χ0) is 18.6. The summed E-state index contributed by atoms with van der Waals surface area (Å²) in [6, 6.07) is 21.4. The van der Waals surface area contributed by atoms with Gasteiger partial charge in [0, 0.05) is 18.1 Å². The van der Waals surface area contributed by atoms with E-state index in [0.29, 0.717) is 17.1 Å². The minimum atomic E-state index is -0.159. The third-order valence-electron chi connectivity index (χ3n) is 4.26. The first-order chi connectivity index (χ1) is 13.2. The molecule has 4 aromatic rings. The second-order valence-electron chi connectivity index (χ2n) is 6.03. The van der Waals surface area contributed by atoms with Crippen LogP contribution in [0.1, 0.15) is 16.2 Å². The Morgan fingerprint density at radius 2 is 1.81 bits per heavy atom. The van der Waals surface area contributed by atoms with Crippen molar-refractivity contribution in [3.05, 3.63) is 84.3 Å². The Morgan fingerprint density at radius 1 is 1.04 bits per heavy atom. The summed E-state index contributed by atoms with van der Waals surface area (Å²) in [7, 11) is 1.96. The van der Waals surface area contributed by atoms with Gasteiger partial charge in [0.2, 0.25) is 0 Å². The van der Waals surface area contributed by atoms with E-state index in [0.717, 1.165) is 21.8 Å². The molecule has 0 bridgehead atoms. The topological polar surface area (TPSA) is 59.8 Å². The molecule has 0 aliphatic heterocycles. The smallest absolute Gasteiger partial charge is 0.254 e. The summed E-state index contributed by atoms with van der Waals surface area (Å²) in [6.07, 6.45) is 1.70. The predicted octanol–water partition coefficient (Wildman–Crippen LogP) is 4.05. The third kappa shape index (κ3) is 3.71. The van der Waals surface area contributed by atoms with Crippen LogP contribution in [0.25, 0.3) is 11.0 Å². The molecular weight excluding hydrogens is 356 g/mol. The summed E-state index contributed by atoms with van der Waals surface area (Å²) in [5.74, 6) is 0.652. The van der Waals surface area contributed by atoms with Gasteiger partial charge in [0.15, 0.2) is 0 Å². The van der Waals surface area contributed by atoms with Gasteiger partial charge in [-0.15, -0.1) is 0 Å². The highest BCUT2D eigenvalue weighted by atomic mass is 32.2. The number of fused-ring (bicyclic) bond motifs is 1. The molecule has 0 unspecified atom stereocenters. The Kier molecular flexibility index (Phi) is 4.89. The average molecular weight is 374 g/mol. The SMILES string of the molecule is Cn1c(CNC(=O)c2cccnc2Sc2ccccc2)nc2ccccc21. The van der Waals surface area contributed by atoms with Crippen LogP contribution in [-0.2, 0) is 13.6 Å². The number of aromatic nitrogens is 3. The average Bonchev–Trinajstić information content (AvgIpc) is 3.03. The van der Waals surface area contributed by atoms with Crippen LogP contribution in [0.15, 0.2) is 82.8 Å². The Labute approximate surface area is 161 Å². The number of imidazole rings is 1. The lowest BCUT2D eigenvalue weighted by Crippen LogP contribution is -2.25. The van der Waals surface area contributed by atoms with Gasteiger partial charge >= 0.3 is 0 Å². The van der Waals surface area contributed by atoms with Crippen LogP contribution >= 0.6 is 11.8 Å². The molecule has 4 rings (SSSR count).